The minimum atomic E-state index is -2.88. The van der Waals surface area contributed by atoms with Gasteiger partial charge in [-0.15, -0.1) is 0 Å². The van der Waals surface area contributed by atoms with Crippen LogP contribution in [0.1, 0.15) is 36.2 Å². The van der Waals surface area contributed by atoms with Crippen LogP contribution < -0.4 is 15.0 Å². The number of benzene rings is 2. The number of rotatable bonds is 8. The number of nitrogens with zero attached hydrogens (tertiary/aromatic N) is 3. The number of fused-ring (bicyclic) bond motifs is 1. The summed E-state index contributed by atoms with van der Waals surface area (Å²) in [5.41, 5.74) is 2.74. The van der Waals surface area contributed by atoms with E-state index in [0.29, 0.717) is 12.3 Å². The highest BCUT2D eigenvalue weighted by atomic mass is 19.3. The molecule has 1 aromatic heterocycles. The summed E-state index contributed by atoms with van der Waals surface area (Å²) in [7, 11) is 1.63. The van der Waals surface area contributed by atoms with Gasteiger partial charge in [0, 0.05) is 61.1 Å². The molecule has 0 bridgehead atoms. The first-order valence-electron chi connectivity index (χ1n) is 11.7. The summed E-state index contributed by atoms with van der Waals surface area (Å²) < 4.78 is 46.9. The molecule has 35 heavy (non-hydrogen) atoms. The number of nitrogens with one attached hydrogen (secondary N) is 1. The number of aliphatic hydroxyl groups excluding tert-OH is 1. The van der Waals surface area contributed by atoms with Gasteiger partial charge in [-0.2, -0.15) is 0 Å². The number of pyridine rings is 1. The van der Waals surface area contributed by atoms with Crippen LogP contribution in [0.25, 0.3) is 10.9 Å². The predicted octanol–water partition coefficient (Wildman–Crippen LogP) is 4.92. The van der Waals surface area contributed by atoms with E-state index in [1.165, 1.54) is 12.1 Å². The SMILES string of the molecule is COc1cc2nc(C)cc(NC(C)c3cccc(C(F)F)c3F)c2cc1N1CCN(CCO)CC1. The molecule has 4 rings (SSSR count). The number of aryl methyl sites for hydroxylation is 1. The summed E-state index contributed by atoms with van der Waals surface area (Å²) in [5.74, 6) is -0.179. The van der Waals surface area contributed by atoms with Crippen molar-refractivity contribution in [1.29, 1.82) is 0 Å². The lowest BCUT2D eigenvalue weighted by Crippen LogP contribution is -2.47. The summed E-state index contributed by atoms with van der Waals surface area (Å²) in [6, 6.07) is 9.33. The normalized spacial score (nSPS) is 15.6. The molecule has 2 aromatic carbocycles. The second-order valence-electron chi connectivity index (χ2n) is 8.82. The third kappa shape index (κ3) is 5.31. The Bertz CT molecular complexity index is 1180. The number of halogens is 3. The highest BCUT2D eigenvalue weighted by Gasteiger charge is 2.23. The number of methoxy groups -OCH3 is 1. The molecule has 0 aliphatic carbocycles. The molecule has 0 saturated carbocycles. The second kappa shape index (κ2) is 10.7. The molecule has 1 saturated heterocycles. The Morgan fingerprint density at radius 2 is 1.83 bits per heavy atom. The fraction of sp³-hybridized carbons (Fsp3) is 0.423. The van der Waals surface area contributed by atoms with Crippen LogP contribution in [0, 0.1) is 12.7 Å². The van der Waals surface area contributed by atoms with Crippen molar-refractivity contribution in [2.45, 2.75) is 26.3 Å². The first-order chi connectivity index (χ1) is 16.8. The summed E-state index contributed by atoms with van der Waals surface area (Å²) in [5, 5.41) is 13.4. The number of ether oxygens (including phenoxy) is 1. The lowest BCUT2D eigenvalue weighted by molar-refractivity contribution is 0.146. The van der Waals surface area contributed by atoms with Gasteiger partial charge in [0.25, 0.3) is 6.43 Å². The topological polar surface area (TPSA) is 60.9 Å². The summed E-state index contributed by atoms with van der Waals surface area (Å²) >= 11 is 0. The Hall–Kier alpha value is -3.04. The number of aliphatic hydroxyl groups is 1. The molecular weight excluding hydrogens is 457 g/mol. The van der Waals surface area contributed by atoms with Gasteiger partial charge in [-0.25, -0.2) is 13.2 Å². The van der Waals surface area contributed by atoms with Gasteiger partial charge in [0.05, 0.1) is 36.5 Å². The quantitative estimate of drug-likeness (QED) is 0.470. The zero-order valence-corrected chi connectivity index (χ0v) is 20.2. The molecule has 3 aromatic rings. The van der Waals surface area contributed by atoms with Crippen molar-refractivity contribution < 1.29 is 23.0 Å². The van der Waals surface area contributed by atoms with E-state index in [0.717, 1.165) is 60.2 Å². The molecule has 188 valence electrons. The van der Waals surface area contributed by atoms with Crippen LogP contribution in [0.3, 0.4) is 0 Å². The molecular formula is C26H31F3N4O2. The van der Waals surface area contributed by atoms with Gasteiger partial charge in [-0.1, -0.05) is 18.2 Å². The van der Waals surface area contributed by atoms with Crippen LogP contribution in [0.15, 0.2) is 36.4 Å². The Morgan fingerprint density at radius 1 is 1.11 bits per heavy atom. The van der Waals surface area contributed by atoms with Gasteiger partial charge in [0.2, 0.25) is 0 Å². The summed E-state index contributed by atoms with van der Waals surface area (Å²) in [6.07, 6.45) is -2.88. The first kappa shape index (κ1) is 25.1. The van der Waals surface area contributed by atoms with Crippen molar-refractivity contribution in [3.8, 4) is 5.75 Å². The van der Waals surface area contributed by atoms with Gasteiger partial charge in [-0.05, 0) is 26.0 Å². The molecule has 1 fully saturated rings. The number of piperazine rings is 1. The van der Waals surface area contributed by atoms with Crippen molar-refractivity contribution in [2.75, 3.05) is 56.7 Å². The fourth-order valence-electron chi connectivity index (χ4n) is 4.64. The Morgan fingerprint density at radius 3 is 2.49 bits per heavy atom. The van der Waals surface area contributed by atoms with E-state index in [1.807, 2.05) is 25.1 Å². The molecule has 1 atom stereocenters. The Labute approximate surface area is 203 Å². The smallest absolute Gasteiger partial charge is 0.266 e. The molecule has 2 heterocycles. The van der Waals surface area contributed by atoms with E-state index < -0.39 is 23.8 Å². The number of hydrogen-bond donors (Lipinski definition) is 2. The Kier molecular flexibility index (Phi) is 7.66. The molecule has 1 aliphatic rings. The van der Waals surface area contributed by atoms with Gasteiger partial charge in [0.1, 0.15) is 11.6 Å². The number of anilines is 2. The standard InChI is InChI=1S/C26H31F3N4O2/c1-16-13-21(31-17(2)18-5-4-6-19(25(18)27)26(28)29)20-14-23(24(35-3)15-22(20)30-16)33-9-7-32(8-10-33)11-12-34/h4-6,13-15,17,26,34H,7-12H2,1-3H3,(H,30,31). The van der Waals surface area contributed by atoms with Gasteiger partial charge in [0.15, 0.2) is 0 Å². The molecule has 9 heteroatoms. The van der Waals surface area contributed by atoms with Crippen molar-refractivity contribution in [1.82, 2.24) is 9.88 Å². The number of aromatic nitrogens is 1. The van der Waals surface area contributed by atoms with Crippen LogP contribution in [0.2, 0.25) is 0 Å². The molecule has 1 unspecified atom stereocenters. The number of β-amino-alcohol motifs (C(OH)–C–C–N with tert-alkyl or cyclic N) is 1. The maximum atomic E-state index is 14.8. The summed E-state index contributed by atoms with van der Waals surface area (Å²) in [6.45, 7) is 7.64. The van der Waals surface area contributed by atoms with Crippen LogP contribution in [-0.2, 0) is 0 Å². The number of hydrogen-bond acceptors (Lipinski definition) is 6. The molecule has 2 N–H and O–H groups in total. The number of alkyl halides is 2. The monoisotopic (exact) mass is 488 g/mol. The zero-order chi connectivity index (χ0) is 25.1. The van der Waals surface area contributed by atoms with Crippen LogP contribution in [0.4, 0.5) is 24.5 Å². The largest absolute Gasteiger partial charge is 0.495 e. The summed E-state index contributed by atoms with van der Waals surface area (Å²) in [4.78, 5) is 9.11. The average molecular weight is 489 g/mol. The van der Waals surface area contributed by atoms with Gasteiger partial charge >= 0.3 is 0 Å². The van der Waals surface area contributed by atoms with Crippen molar-refractivity contribution in [3.63, 3.8) is 0 Å². The van der Waals surface area contributed by atoms with Gasteiger partial charge in [-0.3, -0.25) is 9.88 Å². The van der Waals surface area contributed by atoms with Crippen molar-refractivity contribution >= 4 is 22.3 Å². The highest BCUT2D eigenvalue weighted by molar-refractivity contribution is 5.96. The van der Waals surface area contributed by atoms with Crippen LogP contribution in [-0.4, -0.2) is 61.4 Å². The molecule has 6 nitrogen and oxygen atoms in total. The Balaban J connectivity index is 1.69. The van der Waals surface area contributed by atoms with Crippen LogP contribution in [0.5, 0.6) is 5.75 Å². The maximum absolute atomic E-state index is 14.8. The predicted molar refractivity (Wildman–Crippen MR) is 132 cm³/mol. The molecule has 1 aliphatic heterocycles. The molecule has 0 spiro atoms. The van der Waals surface area contributed by atoms with Crippen molar-refractivity contribution in [2.24, 2.45) is 0 Å². The molecule has 0 amide bonds. The zero-order valence-electron chi connectivity index (χ0n) is 20.2. The third-order valence-corrected chi connectivity index (χ3v) is 6.50. The fourth-order valence-corrected chi connectivity index (χ4v) is 4.64. The van der Waals surface area contributed by atoms with E-state index in [1.54, 1.807) is 14.0 Å². The second-order valence-corrected chi connectivity index (χ2v) is 8.82. The minimum absolute atomic E-state index is 0.137. The van der Waals surface area contributed by atoms with E-state index in [2.05, 4.69) is 20.1 Å². The maximum Gasteiger partial charge on any atom is 0.266 e. The lowest BCUT2D eigenvalue weighted by atomic mass is 10.0. The van der Waals surface area contributed by atoms with E-state index in [-0.39, 0.29) is 12.2 Å². The van der Waals surface area contributed by atoms with E-state index >= 15 is 0 Å². The third-order valence-electron chi connectivity index (χ3n) is 6.50. The first-order valence-corrected chi connectivity index (χ1v) is 11.7. The van der Waals surface area contributed by atoms with E-state index in [4.69, 9.17) is 4.74 Å². The van der Waals surface area contributed by atoms with Crippen molar-refractivity contribution in [3.05, 3.63) is 59.0 Å². The van der Waals surface area contributed by atoms with Crippen LogP contribution >= 0.6 is 0 Å². The molecule has 0 radical (unpaired) electrons. The lowest BCUT2D eigenvalue weighted by Gasteiger charge is -2.36. The average Bonchev–Trinajstić information content (AvgIpc) is 2.83. The van der Waals surface area contributed by atoms with E-state index in [9.17, 15) is 18.3 Å². The minimum Gasteiger partial charge on any atom is -0.495 e. The van der Waals surface area contributed by atoms with Gasteiger partial charge < -0.3 is 20.1 Å². The highest BCUT2D eigenvalue weighted by Crippen LogP contribution is 2.38.